The van der Waals surface area contributed by atoms with Crippen LogP contribution in [0.25, 0.3) is 0 Å². The summed E-state index contributed by atoms with van der Waals surface area (Å²) < 4.78 is 5.30. The Hall–Kier alpha value is -1.78. The van der Waals surface area contributed by atoms with Crippen molar-refractivity contribution >= 4 is 6.09 Å². The Kier molecular flexibility index (Phi) is 3.72. The standard InChI is InChI=1S/C9H12N2O3/c1-7(11-9(12)13)6-14-8-2-4-10-5-3-8/h2-5,7,11H,6H2,1H3,(H,12,13)/t7-/m0/s1. The zero-order valence-corrected chi connectivity index (χ0v) is 7.80. The molecular formula is C9H12N2O3. The Morgan fingerprint density at radius 1 is 1.64 bits per heavy atom. The van der Waals surface area contributed by atoms with Gasteiger partial charge in [0.2, 0.25) is 0 Å². The van der Waals surface area contributed by atoms with E-state index in [9.17, 15) is 4.79 Å². The summed E-state index contributed by atoms with van der Waals surface area (Å²) in [6.07, 6.45) is 2.19. The lowest BCUT2D eigenvalue weighted by Gasteiger charge is -2.12. The van der Waals surface area contributed by atoms with Crippen molar-refractivity contribution in [2.75, 3.05) is 6.61 Å². The van der Waals surface area contributed by atoms with Gasteiger partial charge in [0.1, 0.15) is 12.4 Å². The Labute approximate surface area is 81.7 Å². The third-order valence-electron chi connectivity index (χ3n) is 1.52. The average molecular weight is 196 g/mol. The monoisotopic (exact) mass is 196 g/mol. The number of hydrogen-bond donors (Lipinski definition) is 2. The van der Waals surface area contributed by atoms with Gasteiger partial charge in [0.25, 0.3) is 0 Å². The predicted octanol–water partition coefficient (Wildman–Crippen LogP) is 1.12. The zero-order valence-electron chi connectivity index (χ0n) is 7.80. The molecule has 5 heteroatoms. The number of hydrogen-bond acceptors (Lipinski definition) is 3. The summed E-state index contributed by atoms with van der Waals surface area (Å²) in [7, 11) is 0. The van der Waals surface area contributed by atoms with E-state index in [0.717, 1.165) is 0 Å². The van der Waals surface area contributed by atoms with E-state index in [2.05, 4.69) is 10.3 Å². The molecule has 0 saturated heterocycles. The van der Waals surface area contributed by atoms with E-state index in [-0.39, 0.29) is 6.04 Å². The fourth-order valence-electron chi connectivity index (χ4n) is 0.908. The number of nitrogens with one attached hydrogen (secondary N) is 1. The molecule has 2 N–H and O–H groups in total. The highest BCUT2D eigenvalue weighted by Gasteiger charge is 2.05. The molecule has 0 bridgehead atoms. The van der Waals surface area contributed by atoms with Crippen molar-refractivity contribution in [2.24, 2.45) is 0 Å². The Balaban J connectivity index is 2.30. The van der Waals surface area contributed by atoms with Crippen LogP contribution in [-0.2, 0) is 0 Å². The third kappa shape index (κ3) is 3.75. The second-order valence-electron chi connectivity index (χ2n) is 2.84. The van der Waals surface area contributed by atoms with Crippen LogP contribution in [0, 0.1) is 0 Å². The first kappa shape index (κ1) is 10.3. The van der Waals surface area contributed by atoms with Crippen LogP contribution in [0.2, 0.25) is 0 Å². The van der Waals surface area contributed by atoms with Crippen molar-refractivity contribution in [3.63, 3.8) is 0 Å². The van der Waals surface area contributed by atoms with Crippen molar-refractivity contribution in [3.05, 3.63) is 24.5 Å². The highest BCUT2D eigenvalue weighted by atomic mass is 16.5. The molecule has 1 amide bonds. The molecule has 0 spiro atoms. The molecule has 1 atom stereocenters. The van der Waals surface area contributed by atoms with Gasteiger partial charge in [-0.15, -0.1) is 0 Å². The van der Waals surface area contributed by atoms with Crippen LogP contribution >= 0.6 is 0 Å². The lowest BCUT2D eigenvalue weighted by molar-refractivity contribution is 0.183. The minimum Gasteiger partial charge on any atom is -0.491 e. The smallest absolute Gasteiger partial charge is 0.404 e. The highest BCUT2D eigenvalue weighted by Crippen LogP contribution is 2.06. The first-order valence-corrected chi connectivity index (χ1v) is 4.21. The molecule has 1 aromatic rings. The number of ether oxygens (including phenoxy) is 1. The molecule has 76 valence electrons. The number of carbonyl (C=O) groups is 1. The minimum absolute atomic E-state index is 0.235. The molecule has 0 fully saturated rings. The van der Waals surface area contributed by atoms with Crippen LogP contribution < -0.4 is 10.1 Å². The van der Waals surface area contributed by atoms with Crippen LogP contribution in [-0.4, -0.2) is 28.8 Å². The molecule has 0 aromatic carbocycles. The maximum absolute atomic E-state index is 10.2. The molecule has 0 aliphatic rings. The number of pyridine rings is 1. The summed E-state index contributed by atoms with van der Waals surface area (Å²) in [5, 5.41) is 10.7. The maximum Gasteiger partial charge on any atom is 0.404 e. The summed E-state index contributed by atoms with van der Waals surface area (Å²) in [6.45, 7) is 2.03. The van der Waals surface area contributed by atoms with Crippen LogP contribution in [0.5, 0.6) is 5.75 Å². The average Bonchev–Trinajstić information content (AvgIpc) is 2.15. The summed E-state index contributed by atoms with van der Waals surface area (Å²) in [6, 6.07) is 3.20. The number of amides is 1. The molecule has 0 radical (unpaired) electrons. The summed E-state index contributed by atoms with van der Waals surface area (Å²) in [5.41, 5.74) is 0. The van der Waals surface area contributed by atoms with Crippen LogP contribution in [0.15, 0.2) is 24.5 Å². The highest BCUT2D eigenvalue weighted by molar-refractivity contribution is 5.64. The van der Waals surface area contributed by atoms with Gasteiger partial charge < -0.3 is 15.2 Å². The van der Waals surface area contributed by atoms with E-state index in [1.165, 1.54) is 0 Å². The van der Waals surface area contributed by atoms with Gasteiger partial charge in [-0.2, -0.15) is 0 Å². The third-order valence-corrected chi connectivity index (χ3v) is 1.52. The summed E-state index contributed by atoms with van der Waals surface area (Å²) >= 11 is 0. The van der Waals surface area contributed by atoms with Crippen molar-refractivity contribution in [1.82, 2.24) is 10.3 Å². The van der Waals surface area contributed by atoms with Crippen molar-refractivity contribution in [3.8, 4) is 5.75 Å². The topological polar surface area (TPSA) is 71.5 Å². The second-order valence-corrected chi connectivity index (χ2v) is 2.84. The molecule has 1 heterocycles. The first-order valence-electron chi connectivity index (χ1n) is 4.21. The van der Waals surface area contributed by atoms with E-state index in [1.807, 2.05) is 0 Å². The van der Waals surface area contributed by atoms with E-state index < -0.39 is 6.09 Å². The number of aromatic nitrogens is 1. The summed E-state index contributed by atoms with van der Waals surface area (Å²) in [5.74, 6) is 0.680. The first-order chi connectivity index (χ1) is 6.68. The largest absolute Gasteiger partial charge is 0.491 e. The molecule has 0 aliphatic carbocycles. The number of rotatable bonds is 4. The molecule has 0 unspecified atom stereocenters. The molecule has 1 rings (SSSR count). The van der Waals surface area contributed by atoms with Crippen LogP contribution in [0.1, 0.15) is 6.92 Å². The van der Waals surface area contributed by atoms with Gasteiger partial charge in [-0.05, 0) is 19.1 Å². The summed E-state index contributed by atoms with van der Waals surface area (Å²) in [4.78, 5) is 14.1. The van der Waals surface area contributed by atoms with Gasteiger partial charge in [0.05, 0.1) is 6.04 Å². The van der Waals surface area contributed by atoms with E-state index in [1.54, 1.807) is 31.5 Å². The van der Waals surface area contributed by atoms with E-state index in [4.69, 9.17) is 9.84 Å². The van der Waals surface area contributed by atoms with Crippen LogP contribution in [0.3, 0.4) is 0 Å². The second kappa shape index (κ2) is 5.06. The van der Waals surface area contributed by atoms with Gasteiger partial charge in [-0.3, -0.25) is 4.98 Å². The van der Waals surface area contributed by atoms with Gasteiger partial charge in [-0.1, -0.05) is 0 Å². The molecule has 0 saturated carbocycles. The Morgan fingerprint density at radius 2 is 2.29 bits per heavy atom. The molecule has 0 aliphatic heterocycles. The lowest BCUT2D eigenvalue weighted by atomic mass is 10.3. The van der Waals surface area contributed by atoms with Crippen molar-refractivity contribution < 1.29 is 14.6 Å². The van der Waals surface area contributed by atoms with Gasteiger partial charge >= 0.3 is 6.09 Å². The number of nitrogens with zero attached hydrogens (tertiary/aromatic N) is 1. The molecular weight excluding hydrogens is 184 g/mol. The van der Waals surface area contributed by atoms with Gasteiger partial charge in [0, 0.05) is 12.4 Å². The van der Waals surface area contributed by atoms with Crippen LogP contribution in [0.4, 0.5) is 4.79 Å². The predicted molar refractivity (Wildman–Crippen MR) is 50.4 cm³/mol. The van der Waals surface area contributed by atoms with E-state index in [0.29, 0.717) is 12.4 Å². The van der Waals surface area contributed by atoms with Crippen molar-refractivity contribution in [1.29, 1.82) is 0 Å². The van der Waals surface area contributed by atoms with Gasteiger partial charge in [-0.25, -0.2) is 4.79 Å². The van der Waals surface area contributed by atoms with Crippen molar-refractivity contribution in [2.45, 2.75) is 13.0 Å². The molecule has 5 nitrogen and oxygen atoms in total. The fraction of sp³-hybridized carbons (Fsp3) is 0.333. The minimum atomic E-state index is -1.05. The van der Waals surface area contributed by atoms with E-state index >= 15 is 0 Å². The SMILES string of the molecule is C[C@@H](COc1ccncc1)NC(=O)O. The van der Waals surface area contributed by atoms with Gasteiger partial charge in [0.15, 0.2) is 0 Å². The Morgan fingerprint density at radius 3 is 2.86 bits per heavy atom. The number of carboxylic acid groups (broad SMARTS) is 1. The molecule has 14 heavy (non-hydrogen) atoms. The maximum atomic E-state index is 10.2. The quantitative estimate of drug-likeness (QED) is 0.756. The zero-order chi connectivity index (χ0) is 10.4. The molecule has 1 aromatic heterocycles. The lowest BCUT2D eigenvalue weighted by Crippen LogP contribution is -2.35. The normalized spacial score (nSPS) is 11.8. The Bertz CT molecular complexity index is 289. The fourth-order valence-corrected chi connectivity index (χ4v) is 0.908.